The summed E-state index contributed by atoms with van der Waals surface area (Å²) in [5, 5.41) is 2.53. The second kappa shape index (κ2) is 8.40. The molecular formula is C20H22F3N5O3. The van der Waals surface area contributed by atoms with E-state index >= 15 is 0 Å². The second-order valence-corrected chi connectivity index (χ2v) is 7.18. The van der Waals surface area contributed by atoms with Gasteiger partial charge < -0.3 is 20.5 Å². The molecule has 1 aliphatic heterocycles. The fraction of sp³-hybridized carbons (Fsp3) is 0.400. The van der Waals surface area contributed by atoms with Crippen LogP contribution in [0.3, 0.4) is 0 Å². The molecule has 0 unspecified atom stereocenters. The number of hydrogen-bond donors (Lipinski definition) is 2. The van der Waals surface area contributed by atoms with Crippen molar-refractivity contribution in [2.24, 2.45) is 16.6 Å². The van der Waals surface area contributed by atoms with E-state index < -0.39 is 47.3 Å². The van der Waals surface area contributed by atoms with E-state index in [1.807, 2.05) is 0 Å². The number of nitrogens with two attached hydrogens (primary N) is 1. The lowest BCUT2D eigenvalue weighted by Crippen LogP contribution is -2.51. The maximum absolute atomic E-state index is 14.8. The molecule has 8 nitrogen and oxygen atoms in total. The van der Waals surface area contributed by atoms with Crippen LogP contribution in [0.15, 0.2) is 29.4 Å². The number of benzene rings is 1. The molecule has 0 spiro atoms. The van der Waals surface area contributed by atoms with Crippen LogP contribution < -0.4 is 15.8 Å². The SMILES string of the molecule is COc1cnc(C(=O)Nc2ccc(F)c([C@]3(C(F)F)N=C(N)O[C@@H](C)[C@H]3C)c2)c(C)n1. The van der Waals surface area contributed by atoms with Gasteiger partial charge in [0.1, 0.15) is 17.6 Å². The first kappa shape index (κ1) is 22.3. The van der Waals surface area contributed by atoms with Crippen LogP contribution in [-0.4, -0.2) is 41.5 Å². The standard InChI is InChI=1S/C20H22F3N5O3/c1-9-11(3)31-19(24)28-20(9,18(22)23)13-7-12(5-6-14(13)21)27-17(29)16-10(2)26-15(30-4)8-25-16/h5-9,11,18H,1-4H3,(H2,24,28)(H,27,29)/t9-,11+,20-/m1/s1. The summed E-state index contributed by atoms with van der Waals surface area (Å²) in [5.41, 5.74) is 3.31. The number of halogens is 3. The Morgan fingerprint density at radius 3 is 2.68 bits per heavy atom. The molecular weight excluding hydrogens is 415 g/mol. The number of ether oxygens (including phenoxy) is 2. The van der Waals surface area contributed by atoms with E-state index in [1.165, 1.54) is 26.3 Å². The van der Waals surface area contributed by atoms with Crippen molar-refractivity contribution in [3.63, 3.8) is 0 Å². The third kappa shape index (κ3) is 3.99. The molecule has 31 heavy (non-hydrogen) atoms. The highest BCUT2D eigenvalue weighted by Crippen LogP contribution is 2.45. The molecule has 0 saturated heterocycles. The number of rotatable bonds is 5. The maximum atomic E-state index is 14.8. The van der Waals surface area contributed by atoms with Gasteiger partial charge in [-0.15, -0.1) is 0 Å². The molecule has 2 aromatic rings. The number of carbonyl (C=O) groups excluding carboxylic acids is 1. The van der Waals surface area contributed by atoms with Crippen LogP contribution in [0.4, 0.5) is 18.9 Å². The van der Waals surface area contributed by atoms with Crippen molar-refractivity contribution in [3.05, 3.63) is 47.2 Å². The zero-order valence-electron chi connectivity index (χ0n) is 17.3. The van der Waals surface area contributed by atoms with Crippen molar-refractivity contribution in [1.82, 2.24) is 9.97 Å². The first-order chi connectivity index (χ1) is 14.6. The Hall–Kier alpha value is -3.37. The van der Waals surface area contributed by atoms with Crippen molar-refractivity contribution in [2.75, 3.05) is 12.4 Å². The van der Waals surface area contributed by atoms with E-state index in [0.29, 0.717) is 5.69 Å². The predicted molar refractivity (Wildman–Crippen MR) is 107 cm³/mol. The molecule has 2 heterocycles. The largest absolute Gasteiger partial charge is 0.480 e. The second-order valence-electron chi connectivity index (χ2n) is 7.18. The highest BCUT2D eigenvalue weighted by molar-refractivity contribution is 6.03. The number of nitrogens with zero attached hydrogens (tertiary/aromatic N) is 3. The van der Waals surface area contributed by atoms with Gasteiger partial charge in [0, 0.05) is 17.2 Å². The lowest BCUT2D eigenvalue weighted by Gasteiger charge is -2.41. The monoisotopic (exact) mass is 437 g/mol. The minimum atomic E-state index is -3.08. The van der Waals surface area contributed by atoms with Crippen molar-refractivity contribution >= 4 is 17.6 Å². The van der Waals surface area contributed by atoms with Gasteiger partial charge in [0.05, 0.1) is 19.0 Å². The number of hydrogen-bond acceptors (Lipinski definition) is 7. The first-order valence-electron chi connectivity index (χ1n) is 9.39. The zero-order valence-corrected chi connectivity index (χ0v) is 17.3. The molecule has 166 valence electrons. The predicted octanol–water partition coefficient (Wildman–Crippen LogP) is 3.01. The first-order valence-corrected chi connectivity index (χ1v) is 9.39. The minimum absolute atomic E-state index is 0.00516. The van der Waals surface area contributed by atoms with E-state index in [2.05, 4.69) is 20.3 Å². The molecule has 0 saturated carbocycles. The molecule has 0 aliphatic carbocycles. The fourth-order valence-electron chi connectivity index (χ4n) is 3.51. The Bertz CT molecular complexity index is 1030. The smallest absolute Gasteiger partial charge is 0.283 e. The molecule has 1 amide bonds. The molecule has 0 fully saturated rings. The molecule has 0 bridgehead atoms. The van der Waals surface area contributed by atoms with Crippen LogP contribution in [0, 0.1) is 18.7 Å². The fourth-order valence-corrected chi connectivity index (χ4v) is 3.51. The van der Waals surface area contributed by atoms with Crippen molar-refractivity contribution in [2.45, 2.75) is 38.8 Å². The van der Waals surface area contributed by atoms with Crippen LogP contribution >= 0.6 is 0 Å². The molecule has 1 aliphatic rings. The summed E-state index contributed by atoms with van der Waals surface area (Å²) in [6.07, 6.45) is -2.55. The van der Waals surface area contributed by atoms with Crippen LogP contribution in [0.2, 0.25) is 0 Å². The van der Waals surface area contributed by atoms with E-state index in [-0.39, 0.29) is 17.3 Å². The highest BCUT2D eigenvalue weighted by Gasteiger charge is 2.53. The van der Waals surface area contributed by atoms with Gasteiger partial charge in [-0.05, 0) is 32.0 Å². The number of aryl methyl sites for hydroxylation is 1. The lowest BCUT2D eigenvalue weighted by molar-refractivity contribution is -0.0363. The van der Waals surface area contributed by atoms with Gasteiger partial charge >= 0.3 is 0 Å². The normalized spacial score (nSPS) is 23.2. The summed E-state index contributed by atoms with van der Waals surface area (Å²) in [7, 11) is 1.41. The van der Waals surface area contributed by atoms with Gasteiger partial charge in [-0.2, -0.15) is 0 Å². The van der Waals surface area contributed by atoms with Crippen molar-refractivity contribution < 1.29 is 27.4 Å². The van der Waals surface area contributed by atoms with Crippen LogP contribution in [0.5, 0.6) is 5.88 Å². The third-order valence-corrected chi connectivity index (χ3v) is 5.34. The van der Waals surface area contributed by atoms with E-state index in [0.717, 1.165) is 12.1 Å². The average molecular weight is 437 g/mol. The summed E-state index contributed by atoms with van der Waals surface area (Å²) >= 11 is 0. The summed E-state index contributed by atoms with van der Waals surface area (Å²) < 4.78 is 53.6. The van der Waals surface area contributed by atoms with Gasteiger partial charge in [0.15, 0.2) is 5.54 Å². The van der Waals surface area contributed by atoms with Gasteiger partial charge in [0.2, 0.25) is 5.88 Å². The average Bonchev–Trinajstić information content (AvgIpc) is 2.71. The van der Waals surface area contributed by atoms with Gasteiger partial charge in [-0.3, -0.25) is 4.79 Å². The number of amidine groups is 1. The maximum Gasteiger partial charge on any atom is 0.283 e. The molecule has 1 aromatic carbocycles. The summed E-state index contributed by atoms with van der Waals surface area (Å²) in [6, 6.07) is 2.91. The number of anilines is 1. The number of alkyl halides is 2. The Morgan fingerprint density at radius 2 is 2.06 bits per heavy atom. The van der Waals surface area contributed by atoms with Crippen molar-refractivity contribution in [3.8, 4) is 5.88 Å². The molecule has 3 rings (SSSR count). The number of aliphatic imine (C=N–C) groups is 1. The van der Waals surface area contributed by atoms with Crippen LogP contribution in [0.25, 0.3) is 0 Å². The Kier molecular flexibility index (Phi) is 6.05. The van der Waals surface area contributed by atoms with Crippen LogP contribution in [0.1, 0.15) is 35.6 Å². The number of carbonyl (C=O) groups is 1. The number of nitrogens with one attached hydrogen (secondary N) is 1. The number of amides is 1. The Balaban J connectivity index is 2.02. The van der Waals surface area contributed by atoms with E-state index in [9.17, 15) is 18.0 Å². The molecule has 3 N–H and O–H groups in total. The molecule has 1 aromatic heterocycles. The zero-order chi connectivity index (χ0) is 22.9. The number of methoxy groups -OCH3 is 1. The van der Waals surface area contributed by atoms with E-state index in [1.54, 1.807) is 13.8 Å². The summed E-state index contributed by atoms with van der Waals surface area (Å²) in [5.74, 6) is -2.23. The Labute approximate surface area is 176 Å². The summed E-state index contributed by atoms with van der Waals surface area (Å²) in [4.78, 5) is 24.5. The Morgan fingerprint density at radius 1 is 1.35 bits per heavy atom. The van der Waals surface area contributed by atoms with Crippen LogP contribution in [-0.2, 0) is 10.3 Å². The van der Waals surface area contributed by atoms with Gasteiger partial charge in [-0.25, -0.2) is 28.1 Å². The number of aromatic nitrogens is 2. The van der Waals surface area contributed by atoms with E-state index in [4.69, 9.17) is 15.2 Å². The van der Waals surface area contributed by atoms with Gasteiger partial charge in [0.25, 0.3) is 18.4 Å². The van der Waals surface area contributed by atoms with Crippen molar-refractivity contribution in [1.29, 1.82) is 0 Å². The topological polar surface area (TPSA) is 112 Å². The third-order valence-electron chi connectivity index (χ3n) is 5.34. The molecule has 3 atom stereocenters. The quantitative estimate of drug-likeness (QED) is 0.744. The molecule has 0 radical (unpaired) electrons. The summed E-state index contributed by atoms with van der Waals surface area (Å²) in [6.45, 7) is 4.60. The van der Waals surface area contributed by atoms with Gasteiger partial charge in [-0.1, -0.05) is 6.92 Å². The lowest BCUT2D eigenvalue weighted by atomic mass is 9.76. The highest BCUT2D eigenvalue weighted by atomic mass is 19.3. The minimum Gasteiger partial charge on any atom is -0.480 e. The molecule has 11 heteroatoms.